The van der Waals surface area contributed by atoms with Gasteiger partial charge in [-0.2, -0.15) is 15.0 Å². The Kier molecular flexibility index (Phi) is 6.59. The van der Waals surface area contributed by atoms with Gasteiger partial charge in [0.15, 0.2) is 0 Å². The first-order chi connectivity index (χ1) is 16.7. The number of aryl methyl sites for hydroxylation is 1. The minimum absolute atomic E-state index is 0.224. The molecular formula is C26H29N5O4. The Morgan fingerprint density at radius 2 is 1.80 bits per heavy atom. The van der Waals surface area contributed by atoms with E-state index in [-0.39, 0.29) is 5.91 Å². The van der Waals surface area contributed by atoms with Gasteiger partial charge in [-0.15, -0.1) is 0 Å². The number of ether oxygens (including phenoxy) is 2. The lowest BCUT2D eigenvalue weighted by molar-refractivity contribution is 0.0544. The molecule has 9 nitrogen and oxygen atoms in total. The Hall–Kier alpha value is -4.14. The van der Waals surface area contributed by atoms with Crippen molar-refractivity contribution in [3.63, 3.8) is 0 Å². The molecule has 4 aromatic rings. The first-order valence-corrected chi connectivity index (χ1v) is 11.3. The molecule has 4 rings (SSSR count). The summed E-state index contributed by atoms with van der Waals surface area (Å²) >= 11 is 0. The molecule has 0 saturated carbocycles. The highest BCUT2D eigenvalue weighted by atomic mass is 16.6. The first-order valence-electron chi connectivity index (χ1n) is 11.3. The lowest BCUT2D eigenvalue weighted by atomic mass is 10.1. The van der Waals surface area contributed by atoms with E-state index in [2.05, 4.69) is 15.5 Å². The highest BCUT2D eigenvalue weighted by molar-refractivity contribution is 5.98. The highest BCUT2D eigenvalue weighted by Gasteiger charge is 2.21. The molecule has 35 heavy (non-hydrogen) atoms. The molecule has 0 aliphatic heterocycles. The van der Waals surface area contributed by atoms with Crippen molar-refractivity contribution in [2.24, 2.45) is 0 Å². The van der Waals surface area contributed by atoms with Gasteiger partial charge in [0.05, 0.1) is 36.3 Å². The molecule has 1 amide bonds. The minimum atomic E-state index is -0.629. The number of fused-ring (bicyclic) bond motifs is 1. The van der Waals surface area contributed by atoms with Crippen molar-refractivity contribution in [1.82, 2.24) is 24.9 Å². The number of carbonyl (C=O) groups excluding carboxylic acids is 2. The first kappa shape index (κ1) is 24.0. The van der Waals surface area contributed by atoms with Crippen molar-refractivity contribution in [1.29, 1.82) is 0 Å². The van der Waals surface area contributed by atoms with Gasteiger partial charge in [-0.1, -0.05) is 11.6 Å². The largest absolute Gasteiger partial charge is 0.497 e. The Labute approximate surface area is 203 Å². The van der Waals surface area contributed by atoms with E-state index in [4.69, 9.17) is 9.47 Å². The van der Waals surface area contributed by atoms with E-state index >= 15 is 0 Å². The van der Waals surface area contributed by atoms with E-state index in [9.17, 15) is 9.59 Å². The zero-order chi connectivity index (χ0) is 25.2. The van der Waals surface area contributed by atoms with E-state index in [1.54, 1.807) is 31.8 Å². The Bertz CT molecular complexity index is 1370. The summed E-state index contributed by atoms with van der Waals surface area (Å²) in [5.74, 6) is 0.415. The second-order valence-electron chi connectivity index (χ2n) is 9.23. The average molecular weight is 476 g/mol. The van der Waals surface area contributed by atoms with Gasteiger partial charge in [-0.3, -0.25) is 9.36 Å². The summed E-state index contributed by atoms with van der Waals surface area (Å²) in [4.78, 5) is 27.3. The maximum atomic E-state index is 13.0. The van der Waals surface area contributed by atoms with Gasteiger partial charge in [-0.05, 0) is 63.9 Å². The summed E-state index contributed by atoms with van der Waals surface area (Å²) < 4.78 is 12.4. The van der Waals surface area contributed by atoms with Gasteiger partial charge in [-0.25, -0.2) is 4.79 Å². The van der Waals surface area contributed by atoms with Crippen LogP contribution in [0.2, 0.25) is 0 Å². The van der Waals surface area contributed by atoms with Crippen LogP contribution in [0.15, 0.2) is 55.0 Å². The molecule has 0 unspecified atom stereocenters. The molecular weight excluding hydrogens is 446 g/mol. The van der Waals surface area contributed by atoms with Crippen LogP contribution in [0.25, 0.3) is 16.6 Å². The number of nitrogens with one attached hydrogen (secondary N) is 1. The summed E-state index contributed by atoms with van der Waals surface area (Å²) in [7, 11) is 1.58. The van der Waals surface area contributed by atoms with Crippen molar-refractivity contribution < 1.29 is 19.1 Å². The van der Waals surface area contributed by atoms with Crippen LogP contribution in [-0.2, 0) is 11.2 Å². The van der Waals surface area contributed by atoms with Crippen LogP contribution in [-0.4, -0.2) is 50.8 Å². The number of aromatic nitrogens is 4. The molecule has 9 heteroatoms. The van der Waals surface area contributed by atoms with Gasteiger partial charge in [0.2, 0.25) is 0 Å². The predicted octanol–water partition coefficient (Wildman–Crippen LogP) is 4.29. The number of amides is 1. The van der Waals surface area contributed by atoms with Crippen molar-refractivity contribution in [3.8, 4) is 11.4 Å². The van der Waals surface area contributed by atoms with E-state index in [0.717, 1.165) is 16.5 Å². The molecule has 0 radical (unpaired) electrons. The van der Waals surface area contributed by atoms with Crippen LogP contribution in [0.5, 0.6) is 5.75 Å². The number of nitrogens with zero attached hydrogens (tertiary/aromatic N) is 4. The lowest BCUT2D eigenvalue weighted by Crippen LogP contribution is -2.27. The molecule has 0 aliphatic carbocycles. The normalized spacial score (nSPS) is 11.5. The van der Waals surface area contributed by atoms with Crippen LogP contribution < -0.4 is 10.1 Å². The average Bonchev–Trinajstić information content (AvgIpc) is 3.46. The van der Waals surface area contributed by atoms with E-state index < -0.39 is 11.7 Å². The molecule has 182 valence electrons. The maximum absolute atomic E-state index is 13.0. The molecule has 0 fully saturated rings. The number of hydrogen-bond acceptors (Lipinski definition) is 6. The third kappa shape index (κ3) is 5.34. The molecule has 0 bridgehead atoms. The van der Waals surface area contributed by atoms with Crippen molar-refractivity contribution in [2.75, 3.05) is 13.7 Å². The van der Waals surface area contributed by atoms with E-state index in [0.29, 0.717) is 35.5 Å². The predicted molar refractivity (Wildman–Crippen MR) is 132 cm³/mol. The van der Waals surface area contributed by atoms with Crippen molar-refractivity contribution in [3.05, 3.63) is 71.7 Å². The number of rotatable bonds is 6. The molecule has 2 heterocycles. The fraction of sp³-hybridized carbons (Fsp3) is 0.308. The van der Waals surface area contributed by atoms with Crippen molar-refractivity contribution in [2.45, 2.75) is 39.7 Å². The smallest absolute Gasteiger partial charge is 0.419 e. The van der Waals surface area contributed by atoms with Crippen LogP contribution >= 0.6 is 0 Å². The number of methoxy groups -OCH3 is 1. The monoisotopic (exact) mass is 475 g/mol. The topological polar surface area (TPSA) is 100 Å². The maximum Gasteiger partial charge on any atom is 0.419 e. The summed E-state index contributed by atoms with van der Waals surface area (Å²) in [5, 5.41) is 12.2. The van der Waals surface area contributed by atoms with Gasteiger partial charge >= 0.3 is 6.09 Å². The van der Waals surface area contributed by atoms with Gasteiger partial charge in [0.1, 0.15) is 11.4 Å². The zero-order valence-electron chi connectivity index (χ0n) is 20.5. The van der Waals surface area contributed by atoms with Gasteiger partial charge in [0, 0.05) is 24.2 Å². The Morgan fingerprint density at radius 1 is 1.06 bits per heavy atom. The van der Waals surface area contributed by atoms with E-state index in [1.807, 2.05) is 58.0 Å². The molecule has 2 aromatic heterocycles. The Morgan fingerprint density at radius 3 is 2.49 bits per heavy atom. The lowest BCUT2D eigenvalue weighted by Gasteiger charge is -2.19. The third-order valence-electron chi connectivity index (χ3n) is 5.40. The molecule has 0 spiro atoms. The minimum Gasteiger partial charge on any atom is -0.497 e. The number of benzene rings is 2. The SMILES string of the molecule is COc1ccc2c(CCNC(=O)c3cc(C)ccc3-n3nccn3)cn(C(=O)OC(C)(C)C)c2c1. The van der Waals surface area contributed by atoms with E-state index in [1.165, 1.54) is 9.36 Å². The summed E-state index contributed by atoms with van der Waals surface area (Å²) in [6, 6.07) is 11.1. The van der Waals surface area contributed by atoms with Gasteiger partial charge in [0.25, 0.3) is 5.91 Å². The van der Waals surface area contributed by atoms with Crippen LogP contribution in [0, 0.1) is 6.92 Å². The quantitative estimate of drug-likeness (QED) is 0.446. The highest BCUT2D eigenvalue weighted by Crippen LogP contribution is 2.27. The molecule has 0 atom stereocenters. The second-order valence-corrected chi connectivity index (χ2v) is 9.23. The molecule has 2 aromatic carbocycles. The fourth-order valence-corrected chi connectivity index (χ4v) is 3.82. The Balaban J connectivity index is 1.56. The summed E-state index contributed by atoms with van der Waals surface area (Å²) in [6.45, 7) is 7.78. The fourth-order valence-electron chi connectivity index (χ4n) is 3.82. The second kappa shape index (κ2) is 9.61. The molecule has 0 saturated heterocycles. The van der Waals surface area contributed by atoms with Gasteiger partial charge < -0.3 is 14.8 Å². The van der Waals surface area contributed by atoms with Crippen LogP contribution in [0.1, 0.15) is 42.3 Å². The number of carbonyl (C=O) groups is 2. The van der Waals surface area contributed by atoms with Crippen LogP contribution in [0.4, 0.5) is 4.79 Å². The zero-order valence-corrected chi connectivity index (χ0v) is 20.5. The summed E-state index contributed by atoms with van der Waals surface area (Å²) in [6.07, 6.45) is 4.94. The molecule has 1 N–H and O–H groups in total. The summed E-state index contributed by atoms with van der Waals surface area (Å²) in [5.41, 5.74) is 3.02. The van der Waals surface area contributed by atoms with Crippen molar-refractivity contribution >= 4 is 22.9 Å². The van der Waals surface area contributed by atoms with Crippen LogP contribution in [0.3, 0.4) is 0 Å². The standard InChI is InChI=1S/C26H29N5O4/c1-17-6-9-22(31-28-12-13-29-31)21(14-17)24(32)27-11-10-18-16-30(25(33)35-26(2,3)4)23-15-19(34-5)7-8-20(18)23/h6-9,12-16H,10-11H2,1-5H3,(H,27,32). The third-order valence-corrected chi connectivity index (χ3v) is 5.40. The number of hydrogen-bond donors (Lipinski definition) is 1. The molecule has 0 aliphatic rings.